The van der Waals surface area contributed by atoms with Crippen molar-refractivity contribution in [1.82, 2.24) is 10.6 Å². The van der Waals surface area contributed by atoms with Gasteiger partial charge in [-0.3, -0.25) is 0 Å². The Labute approximate surface area is 91.2 Å². The lowest BCUT2D eigenvalue weighted by Gasteiger charge is -2.40. The molecule has 7 atom stereocenters. The molecule has 3 saturated heterocycles. The van der Waals surface area contributed by atoms with Crippen molar-refractivity contribution in [2.75, 3.05) is 6.54 Å². The second-order valence-corrected chi connectivity index (χ2v) is 6.67. The largest absolute Gasteiger partial charge is 0.311 e. The van der Waals surface area contributed by atoms with E-state index in [1.54, 1.807) is 0 Å². The first-order chi connectivity index (χ1) is 7.39. The van der Waals surface area contributed by atoms with Gasteiger partial charge in [0.25, 0.3) is 0 Å². The standard InChI is InChI=1S/C13H20N2/c1-3-10-12(13(10)7(1)6-14-13)9-5-8-2-4-11(9)15-8/h7-12,14-15H,1-6H2. The minimum Gasteiger partial charge on any atom is -0.311 e. The van der Waals surface area contributed by atoms with E-state index in [1.165, 1.54) is 38.6 Å². The monoisotopic (exact) mass is 204 g/mol. The van der Waals surface area contributed by atoms with Crippen molar-refractivity contribution in [2.45, 2.75) is 49.7 Å². The van der Waals surface area contributed by atoms with Gasteiger partial charge in [0.2, 0.25) is 0 Å². The predicted octanol–water partition coefficient (Wildman–Crippen LogP) is 1.12. The summed E-state index contributed by atoms with van der Waals surface area (Å²) in [7, 11) is 0. The highest BCUT2D eigenvalue weighted by Gasteiger charge is 2.77. The van der Waals surface area contributed by atoms with Gasteiger partial charge in [-0.15, -0.1) is 0 Å². The van der Waals surface area contributed by atoms with E-state index in [1.807, 2.05) is 0 Å². The highest BCUT2D eigenvalue weighted by atomic mass is 15.2. The molecule has 5 aliphatic rings. The van der Waals surface area contributed by atoms with Gasteiger partial charge in [-0.05, 0) is 55.8 Å². The Hall–Kier alpha value is -0.0800. The molecular weight excluding hydrogens is 184 g/mol. The summed E-state index contributed by atoms with van der Waals surface area (Å²) in [5.74, 6) is 4.28. The van der Waals surface area contributed by atoms with E-state index in [4.69, 9.17) is 0 Å². The average molecular weight is 204 g/mol. The maximum absolute atomic E-state index is 3.82. The maximum Gasteiger partial charge on any atom is 0.0288 e. The van der Waals surface area contributed by atoms with Gasteiger partial charge in [0.15, 0.2) is 0 Å². The Morgan fingerprint density at radius 3 is 2.67 bits per heavy atom. The zero-order valence-electron chi connectivity index (χ0n) is 9.21. The number of rotatable bonds is 1. The molecule has 2 bridgehead atoms. The van der Waals surface area contributed by atoms with Gasteiger partial charge in [-0.1, -0.05) is 0 Å². The van der Waals surface area contributed by atoms with Crippen LogP contribution in [0.2, 0.25) is 0 Å². The van der Waals surface area contributed by atoms with Crippen molar-refractivity contribution in [3.05, 3.63) is 0 Å². The molecule has 15 heavy (non-hydrogen) atoms. The Balaban J connectivity index is 1.45. The van der Waals surface area contributed by atoms with E-state index in [9.17, 15) is 0 Å². The fourth-order valence-electron chi connectivity index (χ4n) is 5.87. The van der Waals surface area contributed by atoms with E-state index in [0.717, 1.165) is 35.8 Å². The number of fused-ring (bicyclic) bond motifs is 2. The molecule has 82 valence electrons. The molecule has 3 heterocycles. The highest BCUT2D eigenvalue weighted by molar-refractivity contribution is 5.32. The van der Waals surface area contributed by atoms with Crippen molar-refractivity contribution in [3.63, 3.8) is 0 Å². The summed E-state index contributed by atoms with van der Waals surface area (Å²) in [5.41, 5.74) is 0.691. The summed E-state index contributed by atoms with van der Waals surface area (Å²) in [5, 5.41) is 7.63. The fourth-order valence-corrected chi connectivity index (χ4v) is 5.87. The van der Waals surface area contributed by atoms with Crippen LogP contribution in [-0.4, -0.2) is 24.2 Å². The van der Waals surface area contributed by atoms with Gasteiger partial charge in [-0.2, -0.15) is 0 Å². The third kappa shape index (κ3) is 0.734. The zero-order valence-corrected chi connectivity index (χ0v) is 9.21. The lowest BCUT2D eigenvalue weighted by molar-refractivity contribution is 0.169. The first-order valence-corrected chi connectivity index (χ1v) is 6.90. The smallest absolute Gasteiger partial charge is 0.0288 e. The summed E-state index contributed by atoms with van der Waals surface area (Å²) in [4.78, 5) is 0. The summed E-state index contributed by atoms with van der Waals surface area (Å²) >= 11 is 0. The first kappa shape index (κ1) is 8.08. The maximum atomic E-state index is 3.82. The molecule has 2 N–H and O–H groups in total. The lowest BCUT2D eigenvalue weighted by atomic mass is 9.77. The second kappa shape index (κ2) is 2.28. The quantitative estimate of drug-likeness (QED) is 0.669. The topological polar surface area (TPSA) is 24.1 Å². The lowest BCUT2D eigenvalue weighted by Crippen LogP contribution is -2.56. The van der Waals surface area contributed by atoms with Gasteiger partial charge in [0.1, 0.15) is 0 Å². The second-order valence-electron chi connectivity index (χ2n) is 6.67. The van der Waals surface area contributed by atoms with Crippen LogP contribution in [0.5, 0.6) is 0 Å². The summed E-state index contributed by atoms with van der Waals surface area (Å²) in [6.45, 7) is 1.33. The van der Waals surface area contributed by atoms with E-state index in [0.29, 0.717) is 5.54 Å². The average Bonchev–Trinajstić information content (AvgIpc) is 2.54. The van der Waals surface area contributed by atoms with Crippen LogP contribution in [0.3, 0.4) is 0 Å². The minimum absolute atomic E-state index is 0.691. The predicted molar refractivity (Wildman–Crippen MR) is 58.5 cm³/mol. The number of hydrogen-bond acceptors (Lipinski definition) is 2. The fraction of sp³-hybridized carbons (Fsp3) is 1.00. The Bertz CT molecular complexity index is 328. The van der Waals surface area contributed by atoms with E-state index in [-0.39, 0.29) is 0 Å². The van der Waals surface area contributed by atoms with Crippen LogP contribution < -0.4 is 10.6 Å². The minimum atomic E-state index is 0.691. The van der Waals surface area contributed by atoms with Crippen LogP contribution in [0, 0.1) is 23.7 Å². The normalized spacial score (nSPS) is 68.8. The van der Waals surface area contributed by atoms with Crippen molar-refractivity contribution in [1.29, 1.82) is 0 Å². The third-order valence-corrected chi connectivity index (χ3v) is 6.46. The van der Waals surface area contributed by atoms with Crippen molar-refractivity contribution >= 4 is 0 Å². The van der Waals surface area contributed by atoms with Crippen LogP contribution in [0.25, 0.3) is 0 Å². The third-order valence-electron chi connectivity index (χ3n) is 6.46. The summed E-state index contributed by atoms with van der Waals surface area (Å²) in [6.07, 6.45) is 7.50. The molecule has 1 spiro atoms. The summed E-state index contributed by atoms with van der Waals surface area (Å²) < 4.78 is 0. The molecule has 2 aliphatic carbocycles. The van der Waals surface area contributed by atoms with E-state index in [2.05, 4.69) is 10.6 Å². The van der Waals surface area contributed by atoms with Gasteiger partial charge < -0.3 is 10.6 Å². The van der Waals surface area contributed by atoms with Crippen molar-refractivity contribution < 1.29 is 0 Å². The zero-order chi connectivity index (χ0) is 9.62. The van der Waals surface area contributed by atoms with Gasteiger partial charge in [0.05, 0.1) is 0 Å². The van der Waals surface area contributed by atoms with Crippen LogP contribution >= 0.6 is 0 Å². The van der Waals surface area contributed by atoms with E-state index < -0.39 is 0 Å². The van der Waals surface area contributed by atoms with Crippen LogP contribution in [-0.2, 0) is 0 Å². The van der Waals surface area contributed by atoms with Crippen molar-refractivity contribution in [3.8, 4) is 0 Å². The molecular formula is C13H20N2. The van der Waals surface area contributed by atoms with Crippen molar-refractivity contribution in [2.24, 2.45) is 23.7 Å². The molecule has 0 aromatic rings. The molecule has 5 rings (SSSR count). The molecule has 3 aliphatic heterocycles. The molecule has 2 heteroatoms. The Morgan fingerprint density at radius 1 is 1.07 bits per heavy atom. The highest BCUT2D eigenvalue weighted by Crippen LogP contribution is 2.71. The molecule has 5 fully saturated rings. The number of nitrogens with one attached hydrogen (secondary N) is 2. The Kier molecular flexibility index (Phi) is 1.23. The van der Waals surface area contributed by atoms with Crippen LogP contribution in [0.15, 0.2) is 0 Å². The van der Waals surface area contributed by atoms with Gasteiger partial charge in [0, 0.05) is 24.2 Å². The molecule has 0 aromatic heterocycles. The van der Waals surface area contributed by atoms with Crippen LogP contribution in [0.1, 0.15) is 32.1 Å². The molecule has 2 nitrogen and oxygen atoms in total. The first-order valence-electron chi connectivity index (χ1n) is 6.90. The van der Waals surface area contributed by atoms with Crippen LogP contribution in [0.4, 0.5) is 0 Å². The summed E-state index contributed by atoms with van der Waals surface area (Å²) in [6, 6.07) is 1.80. The Morgan fingerprint density at radius 2 is 2.07 bits per heavy atom. The SMILES string of the molecule is C1CC2NC1CC2C1C2CCC3CNC321. The van der Waals surface area contributed by atoms with E-state index >= 15 is 0 Å². The molecule has 0 aromatic carbocycles. The number of hydrogen-bond donors (Lipinski definition) is 2. The molecule has 0 amide bonds. The van der Waals surface area contributed by atoms with Gasteiger partial charge >= 0.3 is 0 Å². The molecule has 0 radical (unpaired) electrons. The molecule has 7 unspecified atom stereocenters. The molecule has 2 saturated carbocycles. The van der Waals surface area contributed by atoms with Gasteiger partial charge in [-0.25, -0.2) is 0 Å².